The topological polar surface area (TPSA) is 51.6 Å². The van der Waals surface area contributed by atoms with Crippen LogP contribution in [0.2, 0.25) is 10.6 Å². The van der Waals surface area contributed by atoms with Gasteiger partial charge in [-0.1, -0.05) is 128 Å². The lowest BCUT2D eigenvalue weighted by Gasteiger charge is -2.19. The predicted octanol–water partition coefficient (Wildman–Crippen LogP) is 16.2. The highest BCUT2D eigenvalue weighted by Gasteiger charge is 2.24. The molecule has 4 nitrogen and oxygen atoms in total. The van der Waals surface area contributed by atoms with E-state index in [-0.39, 0.29) is 10.6 Å². The second kappa shape index (κ2) is 14.7. The van der Waals surface area contributed by atoms with Crippen LogP contribution in [0.15, 0.2) is 146 Å². The van der Waals surface area contributed by atoms with Gasteiger partial charge in [0.25, 0.3) is 0 Å². The molecule has 0 aliphatic carbocycles. The number of rotatable bonds is 6. The van der Waals surface area contributed by atoms with Gasteiger partial charge in [-0.3, -0.25) is 0 Å². The highest BCUT2D eigenvalue weighted by Crippen LogP contribution is 2.46. The first-order valence-electron chi connectivity index (χ1n) is 20.0. The smallest absolute Gasteiger partial charge is 0.216 e. The van der Waals surface area contributed by atoms with Crippen LogP contribution in [0.4, 0.5) is 0 Å². The number of benzene rings is 7. The van der Waals surface area contributed by atoms with E-state index in [4.69, 9.17) is 38.2 Å². The summed E-state index contributed by atoms with van der Waals surface area (Å²) >= 11 is 16.9. The van der Waals surface area contributed by atoms with Gasteiger partial charge in [0.2, 0.25) is 10.6 Å². The summed E-state index contributed by atoms with van der Waals surface area (Å²) in [5, 5.41) is 8.78. The molecule has 0 aliphatic heterocycles. The van der Waals surface area contributed by atoms with Crippen LogP contribution in [0.25, 0.3) is 102 Å². The van der Waals surface area contributed by atoms with Gasteiger partial charge < -0.3 is 0 Å². The van der Waals surface area contributed by atoms with E-state index in [2.05, 4.69) is 160 Å². The van der Waals surface area contributed by atoms with Gasteiger partial charge in [-0.05, 0) is 128 Å². The van der Waals surface area contributed by atoms with E-state index in [1.807, 2.05) is 12.1 Å². The van der Waals surface area contributed by atoms with Crippen molar-refractivity contribution in [3.8, 4) is 33.6 Å². The van der Waals surface area contributed by atoms with E-state index in [9.17, 15) is 0 Å². The summed E-state index contributed by atoms with van der Waals surface area (Å²) in [5.41, 5.74) is 13.0. The lowest BCUT2D eigenvalue weighted by molar-refractivity contribution is 1.23. The van der Waals surface area contributed by atoms with Crippen molar-refractivity contribution in [2.24, 2.45) is 0 Å². The summed E-state index contributed by atoms with van der Waals surface area (Å²) in [6.45, 7) is 10.7. The van der Waals surface area contributed by atoms with Crippen LogP contribution < -0.4 is 0 Å². The second-order valence-electron chi connectivity index (χ2n) is 15.4. The van der Waals surface area contributed by atoms with E-state index in [0.717, 1.165) is 96.9 Å². The maximum atomic E-state index is 6.90. The number of nitrogens with zero attached hydrogens (tertiary/aromatic N) is 4. The van der Waals surface area contributed by atoms with Crippen molar-refractivity contribution in [2.45, 2.75) is 20.8 Å². The Labute approximate surface area is 370 Å². The van der Waals surface area contributed by atoms with Crippen molar-refractivity contribution >= 4 is 114 Å². The maximum absolute atomic E-state index is 6.90. The maximum Gasteiger partial charge on any atom is 0.223 e. The first-order chi connectivity index (χ1) is 29.7. The molecule has 8 heteroatoms. The molecule has 0 N–H and O–H groups in total. The zero-order valence-corrected chi connectivity index (χ0v) is 36.5. The molecule has 0 saturated heterocycles. The average molecular weight is 862 g/mol. The summed E-state index contributed by atoms with van der Waals surface area (Å²) in [5.74, 6) is 0. The Balaban J connectivity index is 1.05. The molecule has 61 heavy (non-hydrogen) atoms. The molecule has 0 spiro atoms. The van der Waals surface area contributed by atoms with Crippen molar-refractivity contribution in [1.29, 1.82) is 0 Å². The number of fused-ring (bicyclic) bond motifs is 9. The number of aromatic nitrogens is 4. The summed E-state index contributed by atoms with van der Waals surface area (Å²) in [4.78, 5) is 20.4. The molecule has 0 saturated carbocycles. The van der Waals surface area contributed by atoms with E-state index < -0.39 is 0 Å². The highest BCUT2D eigenvalue weighted by molar-refractivity contribution is 7.26. The van der Waals surface area contributed by atoms with Crippen molar-refractivity contribution in [3.05, 3.63) is 184 Å². The first-order valence-corrected chi connectivity index (χ1v) is 22.3. The lowest BCUT2D eigenvalue weighted by Crippen LogP contribution is -1.99. The average Bonchev–Trinajstić information content (AvgIpc) is 3.81. The Morgan fingerprint density at radius 1 is 0.557 bits per heavy atom. The van der Waals surface area contributed by atoms with Gasteiger partial charge >= 0.3 is 0 Å². The SMILES string of the molecule is C=C/C=C(/c1cccc(C)c1-c1ccc(-c2nc(Cl)nc3c2sc2ccccc23)cc1C)c1c(C)sc2c(-c3ccc4ccc5c6ccccc6ccc5c4c3)nc(Cl)nc12. The van der Waals surface area contributed by atoms with E-state index in [1.54, 1.807) is 22.7 Å². The van der Waals surface area contributed by atoms with Crippen molar-refractivity contribution in [2.75, 3.05) is 0 Å². The molecule has 11 aromatic rings. The van der Waals surface area contributed by atoms with Crippen LogP contribution in [0.1, 0.15) is 27.1 Å². The van der Waals surface area contributed by atoms with Gasteiger partial charge in [-0.2, -0.15) is 0 Å². The van der Waals surface area contributed by atoms with Crippen LogP contribution in [0.3, 0.4) is 0 Å². The molecular formula is C53H34Cl2N4S2. The molecule has 4 heterocycles. The molecule has 292 valence electrons. The number of allylic oxidation sites excluding steroid dienone is 2. The molecule has 11 rings (SSSR count). The molecule has 0 amide bonds. The molecule has 0 bridgehead atoms. The van der Waals surface area contributed by atoms with Crippen molar-refractivity contribution < 1.29 is 0 Å². The van der Waals surface area contributed by atoms with Gasteiger partial charge in [0.05, 0.1) is 31.8 Å². The summed E-state index contributed by atoms with van der Waals surface area (Å²) in [6, 6.07) is 45.4. The fourth-order valence-corrected chi connectivity index (χ4v) is 11.7. The molecule has 0 unspecified atom stereocenters. The lowest BCUT2D eigenvalue weighted by atomic mass is 9.85. The fourth-order valence-electron chi connectivity index (χ4n) is 9.06. The van der Waals surface area contributed by atoms with Gasteiger partial charge in [0.15, 0.2) is 0 Å². The normalized spacial score (nSPS) is 12.2. The Bertz CT molecular complexity index is 3690. The van der Waals surface area contributed by atoms with Crippen LogP contribution >= 0.6 is 45.9 Å². The largest absolute Gasteiger partial charge is 0.223 e. The predicted molar refractivity (Wildman–Crippen MR) is 263 cm³/mol. The molecule has 0 atom stereocenters. The number of hydrogen-bond acceptors (Lipinski definition) is 6. The van der Waals surface area contributed by atoms with E-state index in [1.165, 1.54) is 32.3 Å². The van der Waals surface area contributed by atoms with Gasteiger partial charge in [-0.25, -0.2) is 19.9 Å². The van der Waals surface area contributed by atoms with Crippen LogP contribution in [0.5, 0.6) is 0 Å². The van der Waals surface area contributed by atoms with Gasteiger partial charge in [-0.15, -0.1) is 22.7 Å². The molecule has 0 radical (unpaired) electrons. The number of aryl methyl sites for hydroxylation is 3. The zero-order valence-electron chi connectivity index (χ0n) is 33.3. The van der Waals surface area contributed by atoms with Crippen LogP contribution in [0, 0.1) is 20.8 Å². The standard InChI is InChI=1S/C53H34Cl2N4S2/c1-5-11-39(40-16-10-12-28(2)44(40)35-23-22-33(26-29(35)3)46-50-48(58-52(54)56-46)41-15-8-9-17-43(41)61-50)45-30(4)60-51-47(57-53(55)59-49(45)51)34-19-18-32-21-24-37-36-14-7-6-13-31(36)20-25-38(37)42(32)27-34/h5-27H,1H2,2-4H3/b39-11-. The number of hydrogen-bond donors (Lipinski definition) is 0. The van der Waals surface area contributed by atoms with Gasteiger partial charge in [0, 0.05) is 31.7 Å². The molecule has 0 aliphatic rings. The Hall–Kier alpha value is -6.28. The summed E-state index contributed by atoms with van der Waals surface area (Å²) < 4.78 is 3.17. The minimum atomic E-state index is 0.206. The third kappa shape index (κ3) is 6.16. The molecule has 0 fully saturated rings. The van der Waals surface area contributed by atoms with Gasteiger partial charge in [0.1, 0.15) is 0 Å². The first kappa shape index (κ1) is 37.7. The monoisotopic (exact) mass is 860 g/mol. The molecule has 7 aromatic carbocycles. The number of thiophene rings is 2. The summed E-state index contributed by atoms with van der Waals surface area (Å²) in [7, 11) is 0. The Morgan fingerprint density at radius 3 is 1.97 bits per heavy atom. The quantitative estimate of drug-likeness (QED) is 0.0949. The van der Waals surface area contributed by atoms with Crippen molar-refractivity contribution in [3.63, 3.8) is 0 Å². The minimum absolute atomic E-state index is 0.206. The molecule has 4 aromatic heterocycles. The second-order valence-corrected chi connectivity index (χ2v) is 18.3. The highest BCUT2D eigenvalue weighted by atomic mass is 35.5. The Morgan fingerprint density at radius 2 is 1.20 bits per heavy atom. The van der Waals surface area contributed by atoms with Crippen LogP contribution in [-0.2, 0) is 0 Å². The third-order valence-electron chi connectivity index (χ3n) is 11.8. The fraction of sp³-hybridized carbons (Fsp3) is 0.0566. The zero-order chi connectivity index (χ0) is 41.5. The third-order valence-corrected chi connectivity index (χ3v) is 14.4. The van der Waals surface area contributed by atoms with E-state index in [0.29, 0.717) is 0 Å². The van der Waals surface area contributed by atoms with E-state index >= 15 is 0 Å². The summed E-state index contributed by atoms with van der Waals surface area (Å²) in [6.07, 6.45) is 3.96. The number of halogens is 2. The molecular weight excluding hydrogens is 828 g/mol. The Kier molecular flexibility index (Phi) is 9.10. The van der Waals surface area contributed by atoms with Crippen LogP contribution in [-0.4, -0.2) is 19.9 Å². The minimum Gasteiger partial charge on any atom is -0.216 e. The van der Waals surface area contributed by atoms with Crippen molar-refractivity contribution in [1.82, 2.24) is 19.9 Å².